The second kappa shape index (κ2) is 8.87. The Morgan fingerprint density at radius 3 is 1.84 bits per heavy atom. The summed E-state index contributed by atoms with van der Waals surface area (Å²) < 4.78 is 4.97. The summed E-state index contributed by atoms with van der Waals surface area (Å²) in [5.41, 5.74) is 0.659. The van der Waals surface area contributed by atoms with Gasteiger partial charge in [-0.25, -0.2) is 0 Å². The smallest absolute Gasteiger partial charge is 0.308 e. The minimum absolute atomic E-state index is 0.108. The van der Waals surface area contributed by atoms with Gasteiger partial charge in [0, 0.05) is 18.1 Å². The topological polar surface area (TPSA) is 145 Å². The molecular formula is C22H18N2O7. The average Bonchev–Trinajstić information content (AvgIpc) is 2.72. The van der Waals surface area contributed by atoms with Gasteiger partial charge in [-0.15, -0.1) is 0 Å². The predicted octanol–water partition coefficient (Wildman–Crippen LogP) is 3.23. The van der Waals surface area contributed by atoms with E-state index in [4.69, 9.17) is 4.74 Å². The van der Waals surface area contributed by atoms with Crippen molar-refractivity contribution in [2.75, 3.05) is 10.6 Å². The molecule has 0 heterocycles. The van der Waals surface area contributed by atoms with E-state index < -0.39 is 35.0 Å². The molecule has 0 aliphatic carbocycles. The van der Waals surface area contributed by atoms with Crippen LogP contribution in [0.1, 0.15) is 27.6 Å². The molecule has 0 saturated heterocycles. The van der Waals surface area contributed by atoms with E-state index in [0.717, 1.165) is 12.1 Å². The van der Waals surface area contributed by atoms with Gasteiger partial charge in [-0.1, -0.05) is 18.2 Å². The van der Waals surface area contributed by atoms with E-state index in [0.29, 0.717) is 0 Å². The average molecular weight is 422 g/mol. The van der Waals surface area contributed by atoms with Gasteiger partial charge in [0.1, 0.15) is 5.75 Å². The maximum Gasteiger partial charge on any atom is 0.308 e. The monoisotopic (exact) mass is 422 g/mol. The van der Waals surface area contributed by atoms with Crippen molar-refractivity contribution in [2.45, 2.75) is 6.92 Å². The lowest BCUT2D eigenvalue weighted by Gasteiger charge is -2.13. The van der Waals surface area contributed by atoms with Crippen molar-refractivity contribution in [3.8, 4) is 23.0 Å². The highest BCUT2D eigenvalue weighted by molar-refractivity contribution is 6.10. The highest BCUT2D eigenvalue weighted by atomic mass is 16.5. The van der Waals surface area contributed by atoms with E-state index in [1.807, 2.05) is 0 Å². The molecule has 31 heavy (non-hydrogen) atoms. The molecule has 3 rings (SSSR count). The Morgan fingerprint density at radius 1 is 0.742 bits per heavy atom. The lowest BCUT2D eigenvalue weighted by molar-refractivity contribution is -0.131. The van der Waals surface area contributed by atoms with E-state index in [1.165, 1.54) is 25.1 Å². The Balaban J connectivity index is 1.80. The van der Waals surface area contributed by atoms with Crippen LogP contribution in [0.2, 0.25) is 0 Å². The van der Waals surface area contributed by atoms with Crippen LogP contribution in [0.15, 0.2) is 60.7 Å². The Labute approximate surface area is 176 Å². The third-order valence-electron chi connectivity index (χ3n) is 4.11. The number of aromatic hydroxyl groups is 3. The van der Waals surface area contributed by atoms with Crippen molar-refractivity contribution in [3.05, 3.63) is 71.8 Å². The summed E-state index contributed by atoms with van der Waals surface area (Å²) in [6.07, 6.45) is 0. The fraction of sp³-hybridized carbons (Fsp3) is 0.0455. The predicted molar refractivity (Wildman–Crippen MR) is 112 cm³/mol. The van der Waals surface area contributed by atoms with E-state index in [9.17, 15) is 29.7 Å². The molecule has 9 heteroatoms. The zero-order valence-corrected chi connectivity index (χ0v) is 16.2. The molecule has 5 N–H and O–H groups in total. The minimum Gasteiger partial charge on any atom is -0.504 e. The lowest BCUT2D eigenvalue weighted by Crippen LogP contribution is -2.17. The van der Waals surface area contributed by atoms with Gasteiger partial charge in [-0.05, 0) is 42.5 Å². The molecular weight excluding hydrogens is 404 g/mol. The number of para-hydroxylation sites is 2. The van der Waals surface area contributed by atoms with Gasteiger partial charge in [0.05, 0.1) is 11.4 Å². The number of carbonyl (C=O) groups excluding carboxylic acids is 3. The Kier molecular flexibility index (Phi) is 6.06. The molecule has 0 aliphatic rings. The van der Waals surface area contributed by atoms with Crippen molar-refractivity contribution in [2.24, 2.45) is 0 Å². The third kappa shape index (κ3) is 5.10. The zero-order chi connectivity index (χ0) is 22.5. The maximum absolute atomic E-state index is 12.6. The summed E-state index contributed by atoms with van der Waals surface area (Å²) in [7, 11) is 0. The number of benzene rings is 3. The molecule has 3 aromatic rings. The summed E-state index contributed by atoms with van der Waals surface area (Å²) in [5, 5.41) is 33.8. The second-order valence-corrected chi connectivity index (χ2v) is 6.44. The number of hydrogen-bond acceptors (Lipinski definition) is 7. The molecule has 158 valence electrons. The molecule has 0 fully saturated rings. The molecule has 0 aliphatic heterocycles. The highest BCUT2D eigenvalue weighted by Gasteiger charge is 2.16. The van der Waals surface area contributed by atoms with Gasteiger partial charge in [-0.2, -0.15) is 0 Å². The molecule has 2 amide bonds. The first-order valence-electron chi connectivity index (χ1n) is 8.99. The molecule has 9 nitrogen and oxygen atoms in total. The number of nitrogens with one attached hydrogen (secondary N) is 2. The van der Waals surface area contributed by atoms with Gasteiger partial charge in [-0.3, -0.25) is 14.4 Å². The molecule has 0 radical (unpaired) electrons. The second-order valence-electron chi connectivity index (χ2n) is 6.44. The van der Waals surface area contributed by atoms with Crippen molar-refractivity contribution >= 4 is 29.2 Å². The zero-order valence-electron chi connectivity index (χ0n) is 16.2. The standard InChI is InChI=1S/C22H18N2O7/c1-12(25)31-15-6-4-5-13(9-15)21(29)23-16-7-2-3-8-17(16)24-22(30)14-10-18(26)20(28)19(27)11-14/h2-11,26-28H,1H3,(H,23,29)(H,24,30). The van der Waals surface area contributed by atoms with Crippen LogP contribution in [0.25, 0.3) is 0 Å². The van der Waals surface area contributed by atoms with Crippen LogP contribution in [0.3, 0.4) is 0 Å². The van der Waals surface area contributed by atoms with Crippen molar-refractivity contribution in [1.82, 2.24) is 0 Å². The van der Waals surface area contributed by atoms with Crippen LogP contribution in [0, 0.1) is 0 Å². The SMILES string of the molecule is CC(=O)Oc1cccc(C(=O)Nc2ccccc2NC(=O)c2cc(O)c(O)c(O)c2)c1. The normalized spacial score (nSPS) is 10.2. The number of amides is 2. The fourth-order valence-corrected chi connectivity index (χ4v) is 2.69. The third-order valence-corrected chi connectivity index (χ3v) is 4.11. The molecule has 3 aromatic carbocycles. The number of carbonyl (C=O) groups is 3. The number of phenolic OH excluding ortho intramolecular Hbond substituents is 3. The van der Waals surface area contributed by atoms with Crippen LogP contribution in [-0.4, -0.2) is 33.1 Å². The number of anilines is 2. The highest BCUT2D eigenvalue weighted by Crippen LogP contribution is 2.35. The minimum atomic E-state index is -0.736. The van der Waals surface area contributed by atoms with Crippen LogP contribution in [0.4, 0.5) is 11.4 Å². The number of hydrogen-bond donors (Lipinski definition) is 5. The van der Waals surface area contributed by atoms with Crippen molar-refractivity contribution < 1.29 is 34.4 Å². The van der Waals surface area contributed by atoms with Crippen LogP contribution in [0.5, 0.6) is 23.0 Å². The maximum atomic E-state index is 12.6. The van der Waals surface area contributed by atoms with E-state index >= 15 is 0 Å². The number of esters is 1. The number of phenols is 3. The number of rotatable bonds is 5. The van der Waals surface area contributed by atoms with Crippen molar-refractivity contribution in [1.29, 1.82) is 0 Å². The van der Waals surface area contributed by atoms with Crippen LogP contribution in [-0.2, 0) is 4.79 Å². The van der Waals surface area contributed by atoms with Gasteiger partial charge < -0.3 is 30.7 Å². The first-order valence-corrected chi connectivity index (χ1v) is 8.99. The van der Waals surface area contributed by atoms with Gasteiger partial charge in [0.2, 0.25) is 0 Å². The summed E-state index contributed by atoms with van der Waals surface area (Å²) in [6.45, 7) is 1.25. The summed E-state index contributed by atoms with van der Waals surface area (Å²) >= 11 is 0. The Hall–Kier alpha value is -4.53. The Morgan fingerprint density at radius 2 is 1.29 bits per heavy atom. The van der Waals surface area contributed by atoms with E-state index in [1.54, 1.807) is 30.3 Å². The Bertz CT molecular complexity index is 1150. The fourth-order valence-electron chi connectivity index (χ4n) is 2.69. The molecule has 0 unspecified atom stereocenters. The van der Waals surface area contributed by atoms with Gasteiger partial charge in [0.15, 0.2) is 17.2 Å². The van der Waals surface area contributed by atoms with Crippen molar-refractivity contribution in [3.63, 3.8) is 0 Å². The quantitative estimate of drug-likeness (QED) is 0.241. The first-order chi connectivity index (χ1) is 14.7. The largest absolute Gasteiger partial charge is 0.504 e. The molecule has 0 atom stereocenters. The van der Waals surface area contributed by atoms with Crippen LogP contribution >= 0.6 is 0 Å². The molecule has 0 aromatic heterocycles. The van der Waals surface area contributed by atoms with Gasteiger partial charge in [0.25, 0.3) is 11.8 Å². The molecule has 0 saturated carbocycles. The molecule has 0 bridgehead atoms. The summed E-state index contributed by atoms with van der Waals surface area (Å²) in [6, 6.07) is 14.4. The first kappa shape index (κ1) is 21.2. The number of ether oxygens (including phenoxy) is 1. The summed E-state index contributed by atoms with van der Waals surface area (Å²) in [5.74, 6) is -3.54. The van der Waals surface area contributed by atoms with E-state index in [2.05, 4.69) is 10.6 Å². The van der Waals surface area contributed by atoms with Crippen LogP contribution < -0.4 is 15.4 Å². The van der Waals surface area contributed by atoms with E-state index in [-0.39, 0.29) is 28.3 Å². The lowest BCUT2D eigenvalue weighted by atomic mass is 10.1. The summed E-state index contributed by atoms with van der Waals surface area (Å²) in [4.78, 5) is 36.2. The van der Waals surface area contributed by atoms with Gasteiger partial charge >= 0.3 is 5.97 Å². The molecule has 0 spiro atoms.